The summed E-state index contributed by atoms with van der Waals surface area (Å²) in [5, 5.41) is 2.93. The number of anilines is 1. The summed E-state index contributed by atoms with van der Waals surface area (Å²) in [5.74, 6) is 0.865. The number of hydrogen-bond acceptors (Lipinski definition) is 4. The number of likely N-dealkylation sites (N-methyl/N-ethyl adjacent to an activating group) is 1. The summed E-state index contributed by atoms with van der Waals surface area (Å²) < 4.78 is 0. The maximum Gasteiger partial charge on any atom is 0.237 e. The van der Waals surface area contributed by atoms with Gasteiger partial charge >= 0.3 is 0 Å². The van der Waals surface area contributed by atoms with Crippen molar-refractivity contribution in [1.82, 2.24) is 5.32 Å². The SMILES string of the molecule is CCN(CCNC(=O)C(N)CCSC)c1ccccc1C. The molecular weight excluding hydrogens is 282 g/mol. The molecule has 4 nitrogen and oxygen atoms in total. The van der Waals surface area contributed by atoms with Gasteiger partial charge in [0.2, 0.25) is 5.91 Å². The van der Waals surface area contributed by atoms with Crippen molar-refractivity contribution in [2.45, 2.75) is 26.3 Å². The Bertz CT molecular complexity index is 439. The molecule has 3 N–H and O–H groups in total. The lowest BCUT2D eigenvalue weighted by atomic mass is 10.2. The smallest absolute Gasteiger partial charge is 0.237 e. The van der Waals surface area contributed by atoms with E-state index < -0.39 is 6.04 Å². The van der Waals surface area contributed by atoms with Gasteiger partial charge in [0.05, 0.1) is 6.04 Å². The van der Waals surface area contributed by atoms with E-state index in [-0.39, 0.29) is 5.91 Å². The van der Waals surface area contributed by atoms with Crippen molar-refractivity contribution < 1.29 is 4.79 Å². The number of nitrogens with one attached hydrogen (secondary N) is 1. The Morgan fingerprint density at radius 3 is 2.76 bits per heavy atom. The normalized spacial score (nSPS) is 12.0. The fourth-order valence-electron chi connectivity index (χ4n) is 2.19. The molecule has 0 aromatic heterocycles. The van der Waals surface area contributed by atoms with E-state index in [0.717, 1.165) is 25.3 Å². The van der Waals surface area contributed by atoms with E-state index in [2.05, 4.69) is 36.2 Å². The molecule has 0 saturated heterocycles. The van der Waals surface area contributed by atoms with Gasteiger partial charge in [-0.1, -0.05) is 18.2 Å². The number of nitrogens with two attached hydrogens (primary N) is 1. The summed E-state index contributed by atoms with van der Waals surface area (Å²) in [5.41, 5.74) is 8.32. The first-order chi connectivity index (χ1) is 10.1. The molecule has 0 aliphatic carbocycles. The lowest BCUT2D eigenvalue weighted by molar-refractivity contribution is -0.122. The topological polar surface area (TPSA) is 58.4 Å². The van der Waals surface area contributed by atoms with Crippen molar-refractivity contribution in [3.05, 3.63) is 29.8 Å². The molecule has 1 amide bonds. The first-order valence-corrected chi connectivity index (χ1v) is 8.82. The van der Waals surface area contributed by atoms with Gasteiger partial charge in [-0.25, -0.2) is 0 Å². The third-order valence-electron chi connectivity index (χ3n) is 3.49. The second-order valence-corrected chi connectivity index (χ2v) is 6.03. The highest BCUT2D eigenvalue weighted by atomic mass is 32.2. The molecule has 0 heterocycles. The minimum Gasteiger partial charge on any atom is -0.370 e. The van der Waals surface area contributed by atoms with Gasteiger partial charge in [0.25, 0.3) is 0 Å². The second-order valence-electron chi connectivity index (χ2n) is 5.05. The Hall–Kier alpha value is -1.20. The molecular formula is C16H27N3OS. The molecule has 0 aliphatic rings. The summed E-state index contributed by atoms with van der Waals surface area (Å²) in [6, 6.07) is 7.91. The van der Waals surface area contributed by atoms with Crippen LogP contribution in [0.5, 0.6) is 0 Å². The van der Waals surface area contributed by atoms with Crippen molar-refractivity contribution in [3.63, 3.8) is 0 Å². The van der Waals surface area contributed by atoms with Crippen LogP contribution in [0, 0.1) is 6.92 Å². The first kappa shape index (κ1) is 17.9. The maximum atomic E-state index is 11.9. The van der Waals surface area contributed by atoms with Gasteiger partial charge in [-0.3, -0.25) is 4.79 Å². The van der Waals surface area contributed by atoms with E-state index in [0.29, 0.717) is 6.54 Å². The number of rotatable bonds is 9. The summed E-state index contributed by atoms with van der Waals surface area (Å²) >= 11 is 1.71. The third kappa shape index (κ3) is 5.98. The highest BCUT2D eigenvalue weighted by molar-refractivity contribution is 7.98. The molecule has 1 unspecified atom stereocenters. The summed E-state index contributed by atoms with van der Waals surface area (Å²) in [6.07, 6.45) is 2.74. The Labute approximate surface area is 132 Å². The van der Waals surface area contributed by atoms with E-state index >= 15 is 0 Å². The maximum absolute atomic E-state index is 11.9. The molecule has 0 aliphatic heterocycles. The number of thioether (sulfide) groups is 1. The minimum atomic E-state index is -0.397. The van der Waals surface area contributed by atoms with E-state index in [4.69, 9.17) is 5.73 Å². The van der Waals surface area contributed by atoms with Crippen LogP contribution in [-0.4, -0.2) is 43.6 Å². The van der Waals surface area contributed by atoms with Crippen LogP contribution < -0.4 is 16.0 Å². The number of amides is 1. The average Bonchev–Trinajstić information content (AvgIpc) is 2.50. The Morgan fingerprint density at radius 1 is 1.43 bits per heavy atom. The number of carbonyl (C=O) groups is 1. The molecule has 5 heteroatoms. The number of hydrogen-bond donors (Lipinski definition) is 2. The van der Waals surface area contributed by atoms with Crippen molar-refractivity contribution in [1.29, 1.82) is 0 Å². The van der Waals surface area contributed by atoms with E-state index in [9.17, 15) is 4.79 Å². The standard InChI is InChI=1S/C16H27N3OS/c1-4-19(15-8-6-5-7-13(15)2)11-10-18-16(20)14(17)9-12-21-3/h5-8,14H,4,9-12,17H2,1-3H3,(H,18,20). The van der Waals surface area contributed by atoms with Crippen molar-refractivity contribution >= 4 is 23.4 Å². The quantitative estimate of drug-likeness (QED) is 0.733. The van der Waals surface area contributed by atoms with Gasteiger partial charge in [0.1, 0.15) is 0 Å². The van der Waals surface area contributed by atoms with Crippen molar-refractivity contribution in [3.8, 4) is 0 Å². The van der Waals surface area contributed by atoms with Crippen LogP contribution in [0.15, 0.2) is 24.3 Å². The zero-order valence-electron chi connectivity index (χ0n) is 13.3. The second kappa shape index (κ2) is 9.68. The largest absolute Gasteiger partial charge is 0.370 e. The summed E-state index contributed by atoms with van der Waals surface area (Å²) in [6.45, 7) is 6.56. The molecule has 1 aromatic rings. The van der Waals surface area contributed by atoms with Crippen LogP contribution >= 0.6 is 11.8 Å². The number of nitrogens with zero attached hydrogens (tertiary/aromatic N) is 1. The number of aryl methyl sites for hydroxylation is 1. The van der Waals surface area contributed by atoms with Crippen LogP contribution in [0.4, 0.5) is 5.69 Å². The monoisotopic (exact) mass is 309 g/mol. The molecule has 0 radical (unpaired) electrons. The summed E-state index contributed by atoms with van der Waals surface area (Å²) in [4.78, 5) is 14.1. The lowest BCUT2D eigenvalue weighted by Crippen LogP contribution is -2.44. The Balaban J connectivity index is 2.43. The highest BCUT2D eigenvalue weighted by Crippen LogP contribution is 2.18. The lowest BCUT2D eigenvalue weighted by Gasteiger charge is -2.25. The van der Waals surface area contributed by atoms with Gasteiger partial charge in [-0.15, -0.1) is 0 Å². The van der Waals surface area contributed by atoms with Gasteiger partial charge in [-0.05, 0) is 43.9 Å². The number of benzene rings is 1. The zero-order valence-corrected chi connectivity index (χ0v) is 14.1. The number of carbonyl (C=O) groups excluding carboxylic acids is 1. The molecule has 1 rings (SSSR count). The molecule has 0 spiro atoms. The Kier molecular flexibility index (Phi) is 8.23. The number of para-hydroxylation sites is 1. The van der Waals surface area contributed by atoms with E-state index in [1.165, 1.54) is 11.3 Å². The fourth-order valence-corrected chi connectivity index (χ4v) is 2.68. The van der Waals surface area contributed by atoms with E-state index in [1.54, 1.807) is 11.8 Å². The first-order valence-electron chi connectivity index (χ1n) is 7.43. The molecule has 1 aromatic carbocycles. The van der Waals surface area contributed by atoms with Crippen molar-refractivity contribution in [2.24, 2.45) is 5.73 Å². The van der Waals surface area contributed by atoms with Gasteiger partial charge in [0.15, 0.2) is 0 Å². The molecule has 0 fully saturated rings. The van der Waals surface area contributed by atoms with Gasteiger partial charge in [-0.2, -0.15) is 11.8 Å². The van der Waals surface area contributed by atoms with Gasteiger partial charge in [0, 0.05) is 25.3 Å². The van der Waals surface area contributed by atoms with Crippen molar-refractivity contribution in [2.75, 3.05) is 36.5 Å². The fraction of sp³-hybridized carbons (Fsp3) is 0.562. The predicted molar refractivity (Wildman–Crippen MR) is 93.1 cm³/mol. The highest BCUT2D eigenvalue weighted by Gasteiger charge is 2.13. The Morgan fingerprint density at radius 2 is 2.14 bits per heavy atom. The minimum absolute atomic E-state index is 0.0510. The van der Waals surface area contributed by atoms with Crippen LogP contribution in [0.1, 0.15) is 18.9 Å². The third-order valence-corrected chi connectivity index (χ3v) is 4.13. The molecule has 21 heavy (non-hydrogen) atoms. The predicted octanol–water partition coefficient (Wildman–Crippen LogP) is 2.02. The zero-order chi connectivity index (χ0) is 15.7. The van der Waals surface area contributed by atoms with E-state index in [1.807, 2.05) is 18.4 Å². The average molecular weight is 309 g/mol. The van der Waals surface area contributed by atoms with Crippen LogP contribution in [0.25, 0.3) is 0 Å². The molecule has 0 saturated carbocycles. The van der Waals surface area contributed by atoms with Gasteiger partial charge < -0.3 is 16.0 Å². The molecule has 1 atom stereocenters. The van der Waals surface area contributed by atoms with Crippen LogP contribution in [0.2, 0.25) is 0 Å². The summed E-state index contributed by atoms with van der Waals surface area (Å²) in [7, 11) is 0. The molecule has 0 bridgehead atoms. The molecule has 118 valence electrons. The van der Waals surface area contributed by atoms with Crippen LogP contribution in [-0.2, 0) is 4.79 Å². The van der Waals surface area contributed by atoms with Crippen LogP contribution in [0.3, 0.4) is 0 Å².